The quantitative estimate of drug-likeness (QED) is 0.638. The molecule has 2 aromatic rings. The van der Waals surface area contributed by atoms with Gasteiger partial charge >= 0.3 is 0 Å². The smallest absolute Gasteiger partial charge is 0.238 e. The Hall–Kier alpha value is -1.66. The molecule has 1 saturated carbocycles. The van der Waals surface area contributed by atoms with Gasteiger partial charge in [-0.1, -0.05) is 52.3 Å². The van der Waals surface area contributed by atoms with Crippen molar-refractivity contribution < 1.29 is 13.2 Å². The Bertz CT molecular complexity index is 968. The fourth-order valence-electron chi connectivity index (χ4n) is 4.15. The standard InChI is InChI=1S/C22H24BrNO3S/c23-18-10-8-16(9-11-18)14-28(26,27)15-22(25)24(19-12-13-19)21-7-3-5-17-4-1-2-6-20(17)21/h1-2,4,6,8-11,19,21H,3,5,7,12-15H2. The molecule has 0 N–H and O–H groups in total. The third-order valence-electron chi connectivity index (χ3n) is 5.55. The van der Waals surface area contributed by atoms with Crippen LogP contribution < -0.4 is 0 Å². The lowest BCUT2D eigenvalue weighted by molar-refractivity contribution is -0.131. The van der Waals surface area contributed by atoms with Crippen LogP contribution in [0.15, 0.2) is 53.0 Å². The first kappa shape index (κ1) is 19.6. The maximum atomic E-state index is 13.1. The van der Waals surface area contributed by atoms with Crippen LogP contribution in [0.1, 0.15) is 48.4 Å². The van der Waals surface area contributed by atoms with Crippen LogP contribution in [0.3, 0.4) is 0 Å². The molecule has 0 bridgehead atoms. The molecule has 0 aliphatic heterocycles. The predicted molar refractivity (Wildman–Crippen MR) is 114 cm³/mol. The van der Waals surface area contributed by atoms with Gasteiger partial charge in [0.15, 0.2) is 9.84 Å². The number of benzene rings is 2. The van der Waals surface area contributed by atoms with Crippen LogP contribution in [0.5, 0.6) is 0 Å². The molecular formula is C22H24BrNO3S. The van der Waals surface area contributed by atoms with E-state index in [4.69, 9.17) is 0 Å². The molecule has 1 fully saturated rings. The summed E-state index contributed by atoms with van der Waals surface area (Å²) in [6.07, 6.45) is 4.91. The van der Waals surface area contributed by atoms with E-state index in [0.29, 0.717) is 5.56 Å². The second kappa shape index (κ2) is 7.99. The monoisotopic (exact) mass is 461 g/mol. The Morgan fingerprint density at radius 2 is 1.75 bits per heavy atom. The number of fused-ring (bicyclic) bond motifs is 1. The van der Waals surface area contributed by atoms with E-state index >= 15 is 0 Å². The van der Waals surface area contributed by atoms with Gasteiger partial charge in [-0.15, -0.1) is 0 Å². The second-order valence-electron chi connectivity index (χ2n) is 7.80. The number of sulfone groups is 1. The third kappa shape index (κ3) is 4.49. The number of amides is 1. The summed E-state index contributed by atoms with van der Waals surface area (Å²) in [7, 11) is -3.52. The number of carbonyl (C=O) groups excluding carboxylic acids is 1. The zero-order chi connectivity index (χ0) is 19.7. The van der Waals surface area contributed by atoms with Crippen molar-refractivity contribution in [1.29, 1.82) is 0 Å². The molecule has 0 spiro atoms. The van der Waals surface area contributed by atoms with Crippen LogP contribution in [0.25, 0.3) is 0 Å². The summed E-state index contributed by atoms with van der Waals surface area (Å²) >= 11 is 3.35. The average Bonchev–Trinajstić information content (AvgIpc) is 3.48. The van der Waals surface area contributed by atoms with Gasteiger partial charge in [-0.3, -0.25) is 4.79 Å². The molecule has 0 heterocycles. The third-order valence-corrected chi connectivity index (χ3v) is 7.53. The van der Waals surface area contributed by atoms with Gasteiger partial charge in [0.25, 0.3) is 0 Å². The maximum Gasteiger partial charge on any atom is 0.238 e. The number of carbonyl (C=O) groups is 1. The first-order chi connectivity index (χ1) is 13.4. The summed E-state index contributed by atoms with van der Waals surface area (Å²) in [5.74, 6) is -0.773. The molecule has 28 heavy (non-hydrogen) atoms. The largest absolute Gasteiger partial charge is 0.332 e. The molecule has 1 atom stereocenters. The van der Waals surface area contributed by atoms with Gasteiger partial charge in [-0.25, -0.2) is 8.42 Å². The molecule has 1 unspecified atom stereocenters. The van der Waals surface area contributed by atoms with Crippen molar-refractivity contribution in [2.45, 2.75) is 49.9 Å². The van der Waals surface area contributed by atoms with Crippen LogP contribution in [0.2, 0.25) is 0 Å². The lowest BCUT2D eigenvalue weighted by atomic mass is 9.86. The summed E-state index contributed by atoms with van der Waals surface area (Å²) < 4.78 is 26.3. The summed E-state index contributed by atoms with van der Waals surface area (Å²) in [4.78, 5) is 15.0. The van der Waals surface area contributed by atoms with E-state index in [1.807, 2.05) is 29.2 Å². The first-order valence-corrected chi connectivity index (χ1v) is 12.4. The zero-order valence-electron chi connectivity index (χ0n) is 15.7. The van der Waals surface area contributed by atoms with Gasteiger partial charge in [0.2, 0.25) is 5.91 Å². The van der Waals surface area contributed by atoms with Crippen LogP contribution >= 0.6 is 15.9 Å². The Labute approximate surface area is 175 Å². The molecule has 2 aromatic carbocycles. The van der Waals surface area contributed by atoms with E-state index in [-0.39, 0.29) is 23.7 Å². The minimum atomic E-state index is -3.52. The van der Waals surface area contributed by atoms with Crippen molar-refractivity contribution >= 4 is 31.7 Å². The number of halogens is 1. The van der Waals surface area contributed by atoms with Gasteiger partial charge in [0, 0.05) is 10.5 Å². The highest BCUT2D eigenvalue weighted by Gasteiger charge is 2.40. The molecule has 0 saturated heterocycles. The summed E-state index contributed by atoms with van der Waals surface area (Å²) in [6, 6.07) is 15.7. The zero-order valence-corrected chi connectivity index (χ0v) is 18.1. The minimum absolute atomic E-state index is 0.00725. The van der Waals surface area contributed by atoms with Gasteiger partial charge < -0.3 is 4.90 Å². The number of hydrogen-bond acceptors (Lipinski definition) is 3. The van der Waals surface area contributed by atoms with Gasteiger partial charge in [-0.05, 0) is 60.9 Å². The maximum absolute atomic E-state index is 13.1. The van der Waals surface area contributed by atoms with Crippen LogP contribution in [0.4, 0.5) is 0 Å². The van der Waals surface area contributed by atoms with Gasteiger partial charge in [-0.2, -0.15) is 0 Å². The SMILES string of the molecule is O=C(CS(=O)(=O)Cc1ccc(Br)cc1)N(C1CC1)C1CCCc2ccccc21. The molecule has 2 aliphatic carbocycles. The van der Waals surface area contributed by atoms with Gasteiger partial charge in [0.05, 0.1) is 11.8 Å². The normalized spacial score (nSPS) is 19.1. The highest BCUT2D eigenvalue weighted by Crippen LogP contribution is 2.41. The molecule has 1 amide bonds. The highest BCUT2D eigenvalue weighted by atomic mass is 79.9. The van der Waals surface area contributed by atoms with E-state index in [9.17, 15) is 13.2 Å². The summed E-state index contributed by atoms with van der Waals surface area (Å²) in [6.45, 7) is 0. The van der Waals surface area contributed by atoms with Crippen molar-refractivity contribution in [2.24, 2.45) is 0 Å². The highest BCUT2D eigenvalue weighted by molar-refractivity contribution is 9.10. The molecule has 0 aromatic heterocycles. The topological polar surface area (TPSA) is 54.5 Å². The molecule has 4 nitrogen and oxygen atoms in total. The van der Waals surface area contributed by atoms with Crippen LogP contribution in [0, 0.1) is 0 Å². The van der Waals surface area contributed by atoms with Crippen molar-refractivity contribution in [2.75, 3.05) is 5.75 Å². The van der Waals surface area contributed by atoms with Crippen LogP contribution in [-0.2, 0) is 26.8 Å². The molecule has 2 aliphatic rings. The predicted octanol–water partition coefficient (Wildman–Crippen LogP) is 4.43. The Kier molecular flexibility index (Phi) is 5.61. The van der Waals surface area contributed by atoms with Crippen molar-refractivity contribution in [3.8, 4) is 0 Å². The number of hydrogen-bond donors (Lipinski definition) is 0. The minimum Gasteiger partial charge on any atom is -0.332 e. The van der Waals surface area contributed by atoms with E-state index < -0.39 is 15.6 Å². The summed E-state index contributed by atoms with van der Waals surface area (Å²) in [5.41, 5.74) is 3.19. The van der Waals surface area contributed by atoms with Crippen LogP contribution in [-0.4, -0.2) is 31.0 Å². The van der Waals surface area contributed by atoms with Crippen molar-refractivity contribution in [3.63, 3.8) is 0 Å². The van der Waals surface area contributed by atoms with E-state index in [1.54, 1.807) is 12.1 Å². The summed E-state index contributed by atoms with van der Waals surface area (Å²) in [5, 5.41) is 0. The van der Waals surface area contributed by atoms with E-state index in [1.165, 1.54) is 11.1 Å². The molecule has 4 rings (SSSR count). The number of nitrogens with zero attached hydrogens (tertiary/aromatic N) is 1. The Balaban J connectivity index is 1.53. The fourth-order valence-corrected chi connectivity index (χ4v) is 5.74. The van der Waals surface area contributed by atoms with E-state index in [0.717, 1.165) is 36.6 Å². The number of rotatable bonds is 6. The molecule has 6 heteroatoms. The van der Waals surface area contributed by atoms with Gasteiger partial charge in [0.1, 0.15) is 5.75 Å². The average molecular weight is 462 g/mol. The lowest BCUT2D eigenvalue weighted by Crippen LogP contribution is -2.41. The lowest BCUT2D eigenvalue weighted by Gasteiger charge is -2.36. The molecule has 148 valence electrons. The Morgan fingerprint density at radius 1 is 1.04 bits per heavy atom. The Morgan fingerprint density at radius 3 is 2.46 bits per heavy atom. The molecule has 0 radical (unpaired) electrons. The first-order valence-electron chi connectivity index (χ1n) is 9.77. The van der Waals surface area contributed by atoms with Crippen molar-refractivity contribution in [3.05, 3.63) is 69.7 Å². The second-order valence-corrected chi connectivity index (χ2v) is 10.8. The van der Waals surface area contributed by atoms with Crippen molar-refractivity contribution in [1.82, 2.24) is 4.90 Å². The molecular weight excluding hydrogens is 438 g/mol. The number of aryl methyl sites for hydroxylation is 1. The fraction of sp³-hybridized carbons (Fsp3) is 0.409. The van der Waals surface area contributed by atoms with E-state index in [2.05, 4.69) is 28.1 Å².